The Morgan fingerprint density at radius 3 is 2.48 bits per heavy atom. The molecule has 0 amide bonds. The summed E-state index contributed by atoms with van der Waals surface area (Å²) < 4.78 is 0. The van der Waals surface area contributed by atoms with E-state index in [2.05, 4.69) is 79.6 Å². The fourth-order valence-corrected chi connectivity index (χ4v) is 2.93. The molecule has 3 rings (SSSR count). The molecule has 0 radical (unpaired) electrons. The second kappa shape index (κ2) is 8.62. The van der Waals surface area contributed by atoms with Crippen LogP contribution < -0.4 is 15.1 Å². The summed E-state index contributed by atoms with van der Waals surface area (Å²) in [7, 11) is 4.17. The molecule has 0 saturated carbocycles. The molecule has 1 aromatic carbocycles. The van der Waals surface area contributed by atoms with Gasteiger partial charge in [0.05, 0.1) is 6.20 Å². The van der Waals surface area contributed by atoms with Crippen molar-refractivity contribution in [1.29, 1.82) is 0 Å². The van der Waals surface area contributed by atoms with Crippen molar-refractivity contribution in [2.45, 2.75) is 6.42 Å². The van der Waals surface area contributed by atoms with Gasteiger partial charge in [-0.15, -0.1) is 5.10 Å². The Balaban J connectivity index is 1.52. The van der Waals surface area contributed by atoms with Gasteiger partial charge in [0.15, 0.2) is 5.82 Å². The second-order valence-electron chi connectivity index (χ2n) is 6.53. The van der Waals surface area contributed by atoms with Crippen LogP contribution in [0.2, 0.25) is 0 Å². The summed E-state index contributed by atoms with van der Waals surface area (Å²) in [5, 5.41) is 11.7. The minimum atomic E-state index is 0.713. The van der Waals surface area contributed by atoms with Crippen LogP contribution in [0.25, 0.3) is 0 Å². The van der Waals surface area contributed by atoms with Gasteiger partial charge in [-0.1, -0.05) is 18.2 Å². The molecule has 1 fully saturated rings. The number of nitrogens with zero attached hydrogens (tertiary/aromatic N) is 6. The molecular formula is C18H27N7. The van der Waals surface area contributed by atoms with Gasteiger partial charge in [0, 0.05) is 38.4 Å². The smallest absolute Gasteiger partial charge is 0.247 e. The van der Waals surface area contributed by atoms with Gasteiger partial charge in [-0.2, -0.15) is 10.1 Å². The Hall–Kier alpha value is -2.41. The maximum absolute atomic E-state index is 4.62. The number of piperazine rings is 1. The van der Waals surface area contributed by atoms with Gasteiger partial charge < -0.3 is 20.0 Å². The van der Waals surface area contributed by atoms with E-state index in [0.717, 1.165) is 51.5 Å². The highest BCUT2D eigenvalue weighted by Crippen LogP contribution is 2.18. The standard InChI is InChI=1S/C18H27N7/c1-23(2)10-6-9-19-17-15-20-22-18(21-17)25-13-11-24(12-14-25)16-7-4-3-5-8-16/h3-5,7-8,15H,6,9-14H2,1-2H3,(H,19,21,22). The molecule has 2 heterocycles. The number of hydrogen-bond acceptors (Lipinski definition) is 7. The van der Waals surface area contributed by atoms with Crippen molar-refractivity contribution in [2.75, 3.05) is 68.5 Å². The van der Waals surface area contributed by atoms with Crippen molar-refractivity contribution in [3.8, 4) is 0 Å². The normalized spacial score (nSPS) is 14.8. The van der Waals surface area contributed by atoms with Crippen molar-refractivity contribution >= 4 is 17.5 Å². The van der Waals surface area contributed by atoms with Crippen LogP contribution in [0, 0.1) is 0 Å². The third kappa shape index (κ3) is 5.03. The Kier molecular flexibility index (Phi) is 6.00. The zero-order valence-electron chi connectivity index (χ0n) is 15.1. The highest BCUT2D eigenvalue weighted by atomic mass is 15.4. The number of aromatic nitrogens is 3. The van der Waals surface area contributed by atoms with Crippen LogP contribution in [0.3, 0.4) is 0 Å². The molecule has 1 saturated heterocycles. The zero-order chi connectivity index (χ0) is 17.5. The Labute approximate surface area is 149 Å². The fourth-order valence-electron chi connectivity index (χ4n) is 2.93. The lowest BCUT2D eigenvalue weighted by atomic mass is 10.2. The van der Waals surface area contributed by atoms with E-state index in [1.165, 1.54) is 5.69 Å². The minimum absolute atomic E-state index is 0.713. The minimum Gasteiger partial charge on any atom is -0.369 e. The van der Waals surface area contributed by atoms with E-state index in [1.807, 2.05) is 0 Å². The van der Waals surface area contributed by atoms with Crippen LogP contribution in [0.15, 0.2) is 36.5 Å². The van der Waals surface area contributed by atoms with E-state index >= 15 is 0 Å². The molecule has 1 aliphatic rings. The summed E-state index contributed by atoms with van der Waals surface area (Å²) in [5.41, 5.74) is 1.28. The fraction of sp³-hybridized carbons (Fsp3) is 0.500. The van der Waals surface area contributed by atoms with Crippen LogP contribution >= 0.6 is 0 Å². The van der Waals surface area contributed by atoms with Crippen molar-refractivity contribution in [3.05, 3.63) is 36.5 Å². The molecule has 7 nitrogen and oxygen atoms in total. The molecule has 0 spiro atoms. The van der Waals surface area contributed by atoms with Gasteiger partial charge in [0.2, 0.25) is 5.95 Å². The first-order valence-corrected chi connectivity index (χ1v) is 8.85. The number of rotatable bonds is 7. The maximum atomic E-state index is 4.62. The first-order chi connectivity index (χ1) is 12.2. The third-order valence-corrected chi connectivity index (χ3v) is 4.32. The SMILES string of the molecule is CN(C)CCCNc1cnnc(N2CCN(c3ccccc3)CC2)n1. The number of para-hydroxylation sites is 1. The molecule has 0 unspecified atom stereocenters. The molecule has 25 heavy (non-hydrogen) atoms. The van der Waals surface area contributed by atoms with E-state index in [-0.39, 0.29) is 0 Å². The van der Waals surface area contributed by atoms with E-state index < -0.39 is 0 Å². The van der Waals surface area contributed by atoms with Crippen molar-refractivity contribution in [2.24, 2.45) is 0 Å². The lowest BCUT2D eigenvalue weighted by Gasteiger charge is -2.35. The van der Waals surface area contributed by atoms with Gasteiger partial charge in [-0.3, -0.25) is 0 Å². The van der Waals surface area contributed by atoms with Crippen LogP contribution in [0.1, 0.15) is 6.42 Å². The number of benzene rings is 1. The van der Waals surface area contributed by atoms with E-state index in [0.29, 0.717) is 5.95 Å². The van der Waals surface area contributed by atoms with Gasteiger partial charge in [0.1, 0.15) is 0 Å². The van der Waals surface area contributed by atoms with Crippen molar-refractivity contribution < 1.29 is 0 Å². The summed E-state index contributed by atoms with van der Waals surface area (Å²) in [6.07, 6.45) is 2.77. The van der Waals surface area contributed by atoms with Gasteiger partial charge in [0.25, 0.3) is 0 Å². The first kappa shape index (κ1) is 17.4. The van der Waals surface area contributed by atoms with E-state index in [1.54, 1.807) is 6.20 Å². The molecule has 2 aromatic rings. The average molecular weight is 341 g/mol. The first-order valence-electron chi connectivity index (χ1n) is 8.85. The van der Waals surface area contributed by atoms with E-state index in [4.69, 9.17) is 0 Å². The molecule has 7 heteroatoms. The summed E-state index contributed by atoms with van der Waals surface area (Å²) in [4.78, 5) is 11.4. The van der Waals surface area contributed by atoms with E-state index in [9.17, 15) is 0 Å². The Bertz CT molecular complexity index is 639. The predicted molar refractivity (Wildman–Crippen MR) is 102 cm³/mol. The summed E-state index contributed by atoms with van der Waals surface area (Å²) in [5.74, 6) is 1.51. The molecule has 1 aromatic heterocycles. The van der Waals surface area contributed by atoms with Crippen LogP contribution in [0.5, 0.6) is 0 Å². The molecule has 0 atom stereocenters. The number of nitrogens with one attached hydrogen (secondary N) is 1. The number of hydrogen-bond donors (Lipinski definition) is 1. The topological polar surface area (TPSA) is 60.4 Å². The summed E-state index contributed by atoms with van der Waals surface area (Å²) >= 11 is 0. The van der Waals surface area contributed by atoms with Gasteiger partial charge in [-0.25, -0.2) is 0 Å². The highest BCUT2D eigenvalue weighted by Gasteiger charge is 2.19. The lowest BCUT2D eigenvalue weighted by molar-refractivity contribution is 0.405. The van der Waals surface area contributed by atoms with Crippen molar-refractivity contribution in [3.63, 3.8) is 0 Å². The molecule has 1 aliphatic heterocycles. The molecule has 134 valence electrons. The molecular weight excluding hydrogens is 314 g/mol. The van der Waals surface area contributed by atoms with Crippen LogP contribution in [-0.4, -0.2) is 73.4 Å². The summed E-state index contributed by atoms with van der Waals surface area (Å²) in [6, 6.07) is 10.5. The largest absolute Gasteiger partial charge is 0.369 e. The predicted octanol–water partition coefficient (Wildman–Crippen LogP) is 1.56. The Morgan fingerprint density at radius 1 is 1.04 bits per heavy atom. The quantitative estimate of drug-likeness (QED) is 0.767. The Morgan fingerprint density at radius 2 is 1.76 bits per heavy atom. The van der Waals surface area contributed by atoms with Crippen molar-refractivity contribution in [1.82, 2.24) is 20.1 Å². The lowest BCUT2D eigenvalue weighted by Crippen LogP contribution is -2.47. The maximum Gasteiger partial charge on any atom is 0.247 e. The third-order valence-electron chi connectivity index (χ3n) is 4.32. The highest BCUT2D eigenvalue weighted by molar-refractivity contribution is 5.48. The van der Waals surface area contributed by atoms with Crippen LogP contribution in [0.4, 0.5) is 17.5 Å². The molecule has 0 bridgehead atoms. The summed E-state index contributed by atoms with van der Waals surface area (Å²) in [6.45, 7) is 5.68. The van der Waals surface area contributed by atoms with Gasteiger partial charge >= 0.3 is 0 Å². The second-order valence-corrected chi connectivity index (χ2v) is 6.53. The number of anilines is 3. The monoisotopic (exact) mass is 341 g/mol. The molecule has 1 N–H and O–H groups in total. The zero-order valence-corrected chi connectivity index (χ0v) is 15.1. The average Bonchev–Trinajstić information content (AvgIpc) is 2.66. The van der Waals surface area contributed by atoms with Gasteiger partial charge in [-0.05, 0) is 39.2 Å². The van der Waals surface area contributed by atoms with Crippen LogP contribution in [-0.2, 0) is 0 Å². The molecule has 0 aliphatic carbocycles.